The van der Waals surface area contributed by atoms with Gasteiger partial charge in [-0.05, 0) is 113 Å². The van der Waals surface area contributed by atoms with Crippen LogP contribution in [0, 0.1) is 0 Å². The number of fused-ring (bicyclic) bond motifs is 10. The first-order chi connectivity index (χ1) is 31.2. The summed E-state index contributed by atoms with van der Waals surface area (Å²) in [5.41, 5.74) is 18.0. The van der Waals surface area contributed by atoms with Gasteiger partial charge in [-0.15, -0.1) is 0 Å². The Labute approximate surface area is 362 Å². The molecule has 0 radical (unpaired) electrons. The summed E-state index contributed by atoms with van der Waals surface area (Å²) in [6, 6.07) is 79.8. The molecule has 9 aromatic carbocycles. The Morgan fingerprint density at radius 2 is 0.635 bits per heavy atom. The quantitative estimate of drug-likeness (QED) is 0.161. The number of hydrogen-bond donors (Lipinski definition) is 0. The first-order valence-electron chi connectivity index (χ1n) is 21.3. The lowest BCUT2D eigenvalue weighted by atomic mass is 10.0. The molecule has 296 valence electrons. The van der Waals surface area contributed by atoms with Crippen molar-refractivity contribution in [2.24, 2.45) is 0 Å². The van der Waals surface area contributed by atoms with E-state index in [9.17, 15) is 0 Å². The maximum Gasteiger partial charge on any atom is 0.220 e. The van der Waals surface area contributed by atoms with Gasteiger partial charge >= 0.3 is 0 Å². The predicted molar refractivity (Wildman–Crippen MR) is 258 cm³/mol. The van der Waals surface area contributed by atoms with Crippen molar-refractivity contribution < 1.29 is 0 Å². The summed E-state index contributed by atoms with van der Waals surface area (Å²) >= 11 is 0. The van der Waals surface area contributed by atoms with E-state index < -0.39 is 0 Å². The molecule has 13 rings (SSSR count). The van der Waals surface area contributed by atoms with E-state index in [0.29, 0.717) is 0 Å². The predicted octanol–water partition coefficient (Wildman–Crippen LogP) is 14.0. The van der Waals surface area contributed by atoms with Crippen LogP contribution < -0.4 is 4.90 Å². The molecule has 4 heterocycles. The van der Waals surface area contributed by atoms with Gasteiger partial charge in [0.15, 0.2) is 0 Å². The zero-order valence-corrected chi connectivity index (χ0v) is 34.0. The molecule has 0 aliphatic rings. The molecular weight excluding hydrogens is 771 g/mol. The molecule has 7 nitrogen and oxygen atoms in total. The summed E-state index contributed by atoms with van der Waals surface area (Å²) in [6.45, 7) is 0. The van der Waals surface area contributed by atoms with Crippen LogP contribution in [0.3, 0.4) is 0 Å². The van der Waals surface area contributed by atoms with Crippen molar-refractivity contribution in [3.05, 3.63) is 224 Å². The maximum atomic E-state index is 5.31. The van der Waals surface area contributed by atoms with E-state index in [4.69, 9.17) is 9.97 Å². The van der Waals surface area contributed by atoms with Crippen molar-refractivity contribution >= 4 is 72.8 Å². The van der Waals surface area contributed by atoms with E-state index in [1.54, 1.807) is 0 Å². The number of hydrogen-bond acceptors (Lipinski definition) is 3. The van der Waals surface area contributed by atoms with Crippen LogP contribution in [-0.2, 0) is 0 Å². The third-order valence-electron chi connectivity index (χ3n) is 12.3. The molecule has 7 heteroatoms. The van der Waals surface area contributed by atoms with E-state index in [1.807, 2.05) is 0 Å². The molecule has 0 amide bonds. The molecule has 63 heavy (non-hydrogen) atoms. The molecule has 0 aliphatic carbocycles. The van der Waals surface area contributed by atoms with Gasteiger partial charge < -0.3 is 4.90 Å². The van der Waals surface area contributed by atoms with Gasteiger partial charge in [0.05, 0.1) is 61.2 Å². The molecule has 0 aliphatic heterocycles. The normalized spacial score (nSPS) is 11.8. The number of rotatable bonds is 7. The maximum absolute atomic E-state index is 5.31. The lowest BCUT2D eigenvalue weighted by molar-refractivity contribution is 1.07. The van der Waals surface area contributed by atoms with Crippen LogP contribution in [0.25, 0.3) is 89.3 Å². The fraction of sp³-hybridized carbons (Fsp3) is 0. The molecule has 0 bridgehead atoms. The van der Waals surface area contributed by atoms with Gasteiger partial charge in [0, 0.05) is 11.4 Å². The van der Waals surface area contributed by atoms with Gasteiger partial charge in [-0.3, -0.25) is 17.9 Å². The van der Waals surface area contributed by atoms with Crippen LogP contribution >= 0.6 is 0 Å². The number of nitrogens with zero attached hydrogens (tertiary/aromatic N) is 7. The monoisotopic (exact) mass is 807 g/mol. The van der Waals surface area contributed by atoms with Crippen LogP contribution in [-0.4, -0.2) is 27.9 Å². The fourth-order valence-electron chi connectivity index (χ4n) is 9.49. The van der Waals surface area contributed by atoms with Crippen molar-refractivity contribution in [2.45, 2.75) is 0 Å². The highest BCUT2D eigenvalue weighted by molar-refractivity contribution is 5.95. The molecule has 0 unspecified atom stereocenters. The molecule has 0 saturated carbocycles. The van der Waals surface area contributed by atoms with E-state index in [2.05, 4.69) is 247 Å². The highest BCUT2D eigenvalue weighted by atomic mass is 15.2. The van der Waals surface area contributed by atoms with Crippen LogP contribution in [0.15, 0.2) is 224 Å². The minimum Gasteiger partial charge on any atom is -0.310 e. The second-order valence-corrected chi connectivity index (χ2v) is 16.0. The smallest absolute Gasteiger partial charge is 0.220 e. The Kier molecular flexibility index (Phi) is 7.77. The Bertz CT molecular complexity index is 3590. The molecule has 13 aromatic rings. The number of benzene rings is 9. The molecule has 0 atom stereocenters. The molecule has 0 fully saturated rings. The minimum atomic E-state index is 0.848. The summed E-state index contributed by atoms with van der Waals surface area (Å²) in [6.07, 6.45) is 0. The third kappa shape index (κ3) is 5.53. The first kappa shape index (κ1) is 35.1. The van der Waals surface area contributed by atoms with Gasteiger partial charge in [0.2, 0.25) is 11.6 Å². The van der Waals surface area contributed by atoms with Gasteiger partial charge in [-0.25, -0.2) is 9.97 Å². The SMILES string of the molecule is c1ccc(-c2ccc(N(c3ccc(-c4ccccc4)cc3)c3cc(-n4c5ccccc5n5c6ccccc6nc45)cc(-n4c5ccccc5n5c6ccccc6nc45)c3)cc2)cc1. The number of anilines is 3. The van der Waals surface area contributed by atoms with Crippen LogP contribution in [0.5, 0.6) is 0 Å². The summed E-state index contributed by atoms with van der Waals surface area (Å²) in [5.74, 6) is 1.70. The topological polar surface area (TPSA) is 47.7 Å². The first-order valence-corrected chi connectivity index (χ1v) is 21.3. The highest BCUT2D eigenvalue weighted by Crippen LogP contribution is 2.41. The average molecular weight is 808 g/mol. The largest absolute Gasteiger partial charge is 0.310 e. The fourth-order valence-corrected chi connectivity index (χ4v) is 9.49. The highest BCUT2D eigenvalue weighted by Gasteiger charge is 2.23. The Balaban J connectivity index is 1.11. The molecule has 0 spiro atoms. The standard InChI is InChI=1S/C56H37N7/c1-3-15-38(16-4-1)40-27-31-42(32-28-40)59(43-33-29-41(30-34-43)39-17-5-2-6-18-39)44-35-45(60-51-23-11-13-25-53(51)62-49-21-9-7-19-47(49)57-55(60)62)37-46(36-44)61-52-24-12-14-26-54(52)63-50-22-10-8-20-48(50)58-56(61)63/h1-37H. The summed E-state index contributed by atoms with van der Waals surface area (Å²) in [7, 11) is 0. The lowest BCUT2D eigenvalue weighted by Crippen LogP contribution is -2.12. The minimum absolute atomic E-state index is 0.848. The van der Waals surface area contributed by atoms with Crippen LogP contribution in [0.4, 0.5) is 17.1 Å². The van der Waals surface area contributed by atoms with Crippen molar-refractivity contribution in [1.29, 1.82) is 0 Å². The van der Waals surface area contributed by atoms with Gasteiger partial charge in [0.25, 0.3) is 0 Å². The molecule has 4 aromatic heterocycles. The van der Waals surface area contributed by atoms with Crippen molar-refractivity contribution in [1.82, 2.24) is 27.9 Å². The summed E-state index contributed by atoms with van der Waals surface area (Å²) < 4.78 is 9.18. The second kappa shape index (κ2) is 13.9. The van der Waals surface area contributed by atoms with Crippen molar-refractivity contribution in [3.63, 3.8) is 0 Å². The lowest BCUT2D eigenvalue weighted by Gasteiger charge is -2.27. The molecule has 0 saturated heterocycles. The third-order valence-corrected chi connectivity index (χ3v) is 12.3. The Morgan fingerprint density at radius 3 is 1.06 bits per heavy atom. The van der Waals surface area contributed by atoms with Crippen molar-refractivity contribution in [2.75, 3.05) is 4.90 Å². The number of imidazole rings is 4. The van der Waals surface area contributed by atoms with E-state index in [-0.39, 0.29) is 0 Å². The molecule has 0 N–H and O–H groups in total. The van der Waals surface area contributed by atoms with E-state index in [1.165, 1.54) is 11.1 Å². The number of aromatic nitrogens is 6. The average Bonchev–Trinajstić information content (AvgIpc) is 4.09. The van der Waals surface area contributed by atoms with Crippen LogP contribution in [0.2, 0.25) is 0 Å². The summed E-state index contributed by atoms with van der Waals surface area (Å²) in [4.78, 5) is 13.0. The van der Waals surface area contributed by atoms with E-state index >= 15 is 0 Å². The second-order valence-electron chi connectivity index (χ2n) is 16.0. The summed E-state index contributed by atoms with van der Waals surface area (Å²) in [5, 5.41) is 0. The van der Waals surface area contributed by atoms with Gasteiger partial charge in [-0.1, -0.05) is 133 Å². The number of para-hydroxylation sites is 8. The van der Waals surface area contributed by atoms with Gasteiger partial charge in [-0.2, -0.15) is 0 Å². The van der Waals surface area contributed by atoms with Gasteiger partial charge in [0.1, 0.15) is 0 Å². The van der Waals surface area contributed by atoms with Crippen LogP contribution in [0.1, 0.15) is 0 Å². The van der Waals surface area contributed by atoms with E-state index in [0.717, 1.165) is 95.3 Å². The van der Waals surface area contributed by atoms with Crippen molar-refractivity contribution in [3.8, 4) is 33.6 Å². The zero-order valence-electron chi connectivity index (χ0n) is 34.0. The zero-order chi connectivity index (χ0) is 41.4. The Morgan fingerprint density at radius 1 is 0.286 bits per heavy atom. The molecular formula is C56H37N7. The Hall–Kier alpha value is -8.68.